The van der Waals surface area contributed by atoms with Crippen LogP contribution in [0.2, 0.25) is 0 Å². The SMILES string of the molecule is C=C/C(N)=C(\C=C/CC)C(=C)N. The van der Waals surface area contributed by atoms with Crippen molar-refractivity contribution in [2.75, 3.05) is 0 Å². The molecule has 0 aromatic rings. The first kappa shape index (κ1) is 10.6. The lowest BCUT2D eigenvalue weighted by atomic mass is 10.1. The van der Waals surface area contributed by atoms with E-state index in [9.17, 15) is 0 Å². The first-order valence-corrected chi connectivity index (χ1v) is 3.87. The van der Waals surface area contributed by atoms with Crippen LogP contribution >= 0.6 is 0 Å². The summed E-state index contributed by atoms with van der Waals surface area (Å²) in [6, 6.07) is 0. The van der Waals surface area contributed by atoms with Crippen LogP contribution in [0, 0.1) is 0 Å². The first-order valence-electron chi connectivity index (χ1n) is 3.87. The van der Waals surface area contributed by atoms with Gasteiger partial charge in [-0.1, -0.05) is 32.2 Å². The van der Waals surface area contributed by atoms with Crippen LogP contribution in [0.25, 0.3) is 0 Å². The number of nitrogens with two attached hydrogens (primary N) is 2. The highest BCUT2D eigenvalue weighted by Gasteiger charge is 1.97. The van der Waals surface area contributed by atoms with Crippen molar-refractivity contribution < 1.29 is 0 Å². The van der Waals surface area contributed by atoms with E-state index in [0.717, 1.165) is 12.0 Å². The molecule has 0 heterocycles. The molecular weight excluding hydrogens is 148 g/mol. The summed E-state index contributed by atoms with van der Waals surface area (Å²) in [6.45, 7) is 9.22. The van der Waals surface area contributed by atoms with Gasteiger partial charge in [-0.15, -0.1) is 0 Å². The smallest absolute Gasteiger partial charge is 0.0402 e. The summed E-state index contributed by atoms with van der Waals surface area (Å²) < 4.78 is 0. The Morgan fingerprint density at radius 2 is 2.00 bits per heavy atom. The summed E-state index contributed by atoms with van der Waals surface area (Å²) in [6.07, 6.45) is 6.34. The van der Waals surface area contributed by atoms with Crippen LogP contribution < -0.4 is 11.5 Å². The minimum absolute atomic E-state index is 0.470. The van der Waals surface area contributed by atoms with Crippen molar-refractivity contribution >= 4 is 0 Å². The quantitative estimate of drug-likeness (QED) is 0.623. The second-order valence-corrected chi connectivity index (χ2v) is 2.41. The number of hydrogen-bond acceptors (Lipinski definition) is 2. The van der Waals surface area contributed by atoms with Gasteiger partial charge in [-0.3, -0.25) is 0 Å². The predicted molar refractivity (Wildman–Crippen MR) is 54.2 cm³/mol. The summed E-state index contributed by atoms with van der Waals surface area (Å²) in [4.78, 5) is 0. The highest BCUT2D eigenvalue weighted by molar-refractivity contribution is 5.42. The van der Waals surface area contributed by atoms with Crippen LogP contribution in [0.1, 0.15) is 13.3 Å². The molecule has 0 aromatic carbocycles. The highest BCUT2D eigenvalue weighted by Crippen LogP contribution is 2.08. The molecule has 0 aliphatic rings. The molecule has 0 aliphatic heterocycles. The van der Waals surface area contributed by atoms with E-state index in [-0.39, 0.29) is 0 Å². The molecule has 0 saturated carbocycles. The molecule has 0 radical (unpaired) electrons. The van der Waals surface area contributed by atoms with Gasteiger partial charge in [-0.05, 0) is 12.5 Å². The second-order valence-electron chi connectivity index (χ2n) is 2.41. The minimum Gasteiger partial charge on any atom is -0.399 e. The van der Waals surface area contributed by atoms with Crippen molar-refractivity contribution in [1.82, 2.24) is 0 Å². The van der Waals surface area contributed by atoms with E-state index in [1.165, 1.54) is 0 Å². The summed E-state index contributed by atoms with van der Waals surface area (Å²) in [5, 5.41) is 0. The molecule has 12 heavy (non-hydrogen) atoms. The summed E-state index contributed by atoms with van der Waals surface area (Å²) in [7, 11) is 0. The Kier molecular flexibility index (Phi) is 4.61. The molecule has 2 nitrogen and oxygen atoms in total. The third kappa shape index (κ3) is 3.10. The van der Waals surface area contributed by atoms with Gasteiger partial charge in [0.15, 0.2) is 0 Å². The zero-order valence-electron chi connectivity index (χ0n) is 7.51. The molecule has 0 rings (SSSR count). The van der Waals surface area contributed by atoms with Gasteiger partial charge in [0.25, 0.3) is 0 Å². The van der Waals surface area contributed by atoms with E-state index in [2.05, 4.69) is 13.2 Å². The third-order valence-electron chi connectivity index (χ3n) is 1.40. The standard InChI is InChI=1S/C10H16N2/c1-4-6-7-9(8(3)11)10(12)5-2/h5-7H,2-4,11-12H2,1H3/b7-6-,10-9-. The van der Waals surface area contributed by atoms with Crippen LogP contribution in [0.3, 0.4) is 0 Å². The molecule has 0 fully saturated rings. The molecule has 0 bridgehead atoms. The largest absolute Gasteiger partial charge is 0.399 e. The van der Waals surface area contributed by atoms with Gasteiger partial charge in [0.1, 0.15) is 0 Å². The van der Waals surface area contributed by atoms with E-state index >= 15 is 0 Å². The minimum atomic E-state index is 0.470. The van der Waals surface area contributed by atoms with E-state index in [1.807, 2.05) is 19.1 Å². The fraction of sp³-hybridized carbons (Fsp3) is 0.200. The third-order valence-corrected chi connectivity index (χ3v) is 1.40. The number of allylic oxidation sites excluding steroid dienone is 3. The zero-order chi connectivity index (χ0) is 9.56. The lowest BCUT2D eigenvalue weighted by Crippen LogP contribution is -2.05. The molecule has 0 aliphatic carbocycles. The Bertz CT molecular complexity index is 234. The van der Waals surface area contributed by atoms with E-state index in [1.54, 1.807) is 6.08 Å². The second kappa shape index (κ2) is 5.24. The van der Waals surface area contributed by atoms with Crippen LogP contribution in [0.15, 0.2) is 48.4 Å². The van der Waals surface area contributed by atoms with E-state index in [0.29, 0.717) is 11.4 Å². The molecule has 0 unspecified atom stereocenters. The molecule has 4 N–H and O–H groups in total. The van der Waals surface area contributed by atoms with Crippen molar-refractivity contribution in [1.29, 1.82) is 0 Å². The van der Waals surface area contributed by atoms with Crippen LogP contribution in [0.5, 0.6) is 0 Å². The van der Waals surface area contributed by atoms with Gasteiger partial charge >= 0.3 is 0 Å². The fourth-order valence-electron chi connectivity index (χ4n) is 0.734. The maximum Gasteiger partial charge on any atom is 0.0402 e. The van der Waals surface area contributed by atoms with Gasteiger partial charge in [0.2, 0.25) is 0 Å². The fourth-order valence-corrected chi connectivity index (χ4v) is 0.734. The Labute approximate surface area is 73.9 Å². The van der Waals surface area contributed by atoms with Crippen molar-refractivity contribution in [3.05, 3.63) is 48.4 Å². The van der Waals surface area contributed by atoms with E-state index in [4.69, 9.17) is 11.5 Å². The van der Waals surface area contributed by atoms with Gasteiger partial charge in [-0.2, -0.15) is 0 Å². The zero-order valence-corrected chi connectivity index (χ0v) is 7.51. The van der Waals surface area contributed by atoms with Crippen LogP contribution in [0.4, 0.5) is 0 Å². The Balaban J connectivity index is 4.78. The maximum absolute atomic E-state index is 5.63. The number of rotatable bonds is 4. The van der Waals surface area contributed by atoms with Crippen molar-refractivity contribution in [2.24, 2.45) is 11.5 Å². The van der Waals surface area contributed by atoms with Gasteiger partial charge in [-0.25, -0.2) is 0 Å². The normalized spacial score (nSPS) is 12.8. The van der Waals surface area contributed by atoms with Crippen molar-refractivity contribution in [3.63, 3.8) is 0 Å². The predicted octanol–water partition coefficient (Wildman–Crippen LogP) is 1.82. The van der Waals surface area contributed by atoms with Crippen molar-refractivity contribution in [3.8, 4) is 0 Å². The summed E-state index contributed by atoms with van der Waals surface area (Å²) in [5.74, 6) is 0. The first-order chi connectivity index (χ1) is 5.63. The molecular formula is C10H16N2. The van der Waals surface area contributed by atoms with Gasteiger partial charge in [0.05, 0.1) is 0 Å². The Hall–Kier alpha value is -1.44. The average Bonchev–Trinajstić information content (AvgIpc) is 2.04. The van der Waals surface area contributed by atoms with Crippen LogP contribution in [-0.4, -0.2) is 0 Å². The average molecular weight is 164 g/mol. The van der Waals surface area contributed by atoms with Gasteiger partial charge in [0, 0.05) is 17.0 Å². The molecule has 0 amide bonds. The topological polar surface area (TPSA) is 52.0 Å². The molecule has 0 aromatic heterocycles. The van der Waals surface area contributed by atoms with Gasteiger partial charge < -0.3 is 11.5 Å². The number of hydrogen-bond donors (Lipinski definition) is 2. The maximum atomic E-state index is 5.63. The van der Waals surface area contributed by atoms with Crippen molar-refractivity contribution in [2.45, 2.75) is 13.3 Å². The highest BCUT2D eigenvalue weighted by atomic mass is 14.6. The molecule has 66 valence electrons. The van der Waals surface area contributed by atoms with Crippen LogP contribution in [-0.2, 0) is 0 Å². The lowest BCUT2D eigenvalue weighted by Gasteiger charge is -2.03. The summed E-state index contributed by atoms with van der Waals surface area (Å²) in [5.41, 5.74) is 12.9. The molecule has 0 saturated heterocycles. The monoisotopic (exact) mass is 164 g/mol. The Morgan fingerprint density at radius 1 is 1.42 bits per heavy atom. The molecule has 2 heteroatoms. The lowest BCUT2D eigenvalue weighted by molar-refractivity contribution is 1.20. The summed E-state index contributed by atoms with van der Waals surface area (Å²) >= 11 is 0. The van der Waals surface area contributed by atoms with E-state index < -0.39 is 0 Å². The molecule has 0 atom stereocenters. The molecule has 0 spiro atoms. The Morgan fingerprint density at radius 3 is 2.33 bits per heavy atom.